The van der Waals surface area contributed by atoms with E-state index in [4.69, 9.17) is 0 Å². The Morgan fingerprint density at radius 1 is 1.17 bits per heavy atom. The zero-order valence-corrected chi connectivity index (χ0v) is 18.1. The van der Waals surface area contributed by atoms with E-state index in [1.165, 1.54) is 11.1 Å². The molecule has 0 radical (unpaired) electrons. The van der Waals surface area contributed by atoms with E-state index in [-0.39, 0.29) is 5.91 Å². The fraction of sp³-hybridized carbons (Fsp3) is 0.500. The van der Waals surface area contributed by atoms with Crippen LogP contribution in [0.2, 0.25) is 0 Å². The Bertz CT molecular complexity index is 823. The van der Waals surface area contributed by atoms with Crippen molar-refractivity contribution in [2.24, 2.45) is 4.99 Å². The molecule has 0 aromatic carbocycles. The maximum atomic E-state index is 12.8. The first-order chi connectivity index (χ1) is 13.9. The van der Waals surface area contributed by atoms with Crippen LogP contribution in [0, 0.1) is 13.8 Å². The lowest BCUT2D eigenvalue weighted by Gasteiger charge is -2.36. The summed E-state index contributed by atoms with van der Waals surface area (Å²) >= 11 is 0. The summed E-state index contributed by atoms with van der Waals surface area (Å²) in [5, 5.41) is 4.30. The first kappa shape index (κ1) is 21.0. The van der Waals surface area contributed by atoms with Crippen molar-refractivity contribution in [1.82, 2.24) is 19.9 Å². The molecule has 0 N–H and O–H groups in total. The Labute approximate surface area is 174 Å². The van der Waals surface area contributed by atoms with Gasteiger partial charge >= 0.3 is 0 Å². The first-order valence-corrected chi connectivity index (χ1v) is 10.2. The number of aromatic nitrogens is 1. The Kier molecular flexibility index (Phi) is 6.69. The predicted molar refractivity (Wildman–Crippen MR) is 118 cm³/mol. The van der Waals surface area contributed by atoms with Gasteiger partial charge in [0.05, 0.1) is 11.9 Å². The van der Waals surface area contributed by atoms with Gasteiger partial charge in [0, 0.05) is 52.5 Å². The SMILES string of the molecule is C=C/C(=C\N=C(C)C(=O)N1CCN(c2ncc(C)cc2C)CC1)N1CCCN1C. The van der Waals surface area contributed by atoms with Crippen LogP contribution in [0.1, 0.15) is 24.5 Å². The maximum absolute atomic E-state index is 12.8. The Hall–Kier alpha value is -2.67. The van der Waals surface area contributed by atoms with Crippen LogP contribution >= 0.6 is 0 Å². The third-order valence-corrected chi connectivity index (χ3v) is 5.52. The zero-order chi connectivity index (χ0) is 21.0. The summed E-state index contributed by atoms with van der Waals surface area (Å²) in [6, 6.07) is 2.15. The molecular weight excluding hydrogens is 364 g/mol. The van der Waals surface area contributed by atoms with Gasteiger partial charge in [-0.25, -0.2) is 9.99 Å². The number of hydrogen-bond acceptors (Lipinski definition) is 6. The van der Waals surface area contributed by atoms with E-state index in [2.05, 4.69) is 58.4 Å². The van der Waals surface area contributed by atoms with Gasteiger partial charge in [0.1, 0.15) is 11.5 Å². The van der Waals surface area contributed by atoms with Crippen molar-refractivity contribution in [2.45, 2.75) is 27.2 Å². The van der Waals surface area contributed by atoms with E-state index >= 15 is 0 Å². The number of piperazine rings is 1. The summed E-state index contributed by atoms with van der Waals surface area (Å²) in [5.41, 5.74) is 3.77. The quantitative estimate of drug-likeness (QED) is 0.565. The van der Waals surface area contributed by atoms with Crippen LogP contribution in [0.4, 0.5) is 5.82 Å². The molecule has 156 valence electrons. The number of nitrogens with zero attached hydrogens (tertiary/aromatic N) is 6. The van der Waals surface area contributed by atoms with Gasteiger partial charge in [-0.3, -0.25) is 9.79 Å². The van der Waals surface area contributed by atoms with Crippen molar-refractivity contribution >= 4 is 17.4 Å². The molecule has 0 unspecified atom stereocenters. The molecule has 3 heterocycles. The van der Waals surface area contributed by atoms with Gasteiger partial charge < -0.3 is 14.8 Å². The smallest absolute Gasteiger partial charge is 0.268 e. The van der Waals surface area contributed by atoms with Gasteiger partial charge in [-0.05, 0) is 44.4 Å². The van der Waals surface area contributed by atoms with Gasteiger partial charge in [-0.15, -0.1) is 0 Å². The lowest BCUT2D eigenvalue weighted by atomic mass is 10.2. The molecule has 2 fully saturated rings. The highest BCUT2D eigenvalue weighted by atomic mass is 16.2. The molecule has 2 saturated heterocycles. The monoisotopic (exact) mass is 396 g/mol. The van der Waals surface area contributed by atoms with E-state index in [0.717, 1.165) is 44.1 Å². The highest BCUT2D eigenvalue weighted by molar-refractivity contribution is 6.38. The van der Waals surface area contributed by atoms with Crippen LogP contribution in [0.5, 0.6) is 0 Å². The summed E-state index contributed by atoms with van der Waals surface area (Å²) in [7, 11) is 2.05. The van der Waals surface area contributed by atoms with Crippen LogP contribution in [0.3, 0.4) is 0 Å². The number of carbonyl (C=O) groups excluding carboxylic acids is 1. The second-order valence-corrected chi connectivity index (χ2v) is 7.76. The summed E-state index contributed by atoms with van der Waals surface area (Å²) in [6.45, 7) is 14.7. The van der Waals surface area contributed by atoms with Gasteiger partial charge in [-0.1, -0.05) is 12.6 Å². The minimum Gasteiger partial charge on any atom is -0.353 e. The standard InChI is InChI=1S/C22H32N6O/c1-6-20(28-9-7-8-25(28)5)16-23-19(4)22(29)27-12-10-26(11-13-27)21-18(3)14-17(2)15-24-21/h6,14-16H,1,7-13H2,2-5H3/b20-16+,23-19?. The van der Waals surface area contributed by atoms with Crippen molar-refractivity contribution in [1.29, 1.82) is 0 Å². The second kappa shape index (κ2) is 9.22. The van der Waals surface area contributed by atoms with Crippen LogP contribution in [0.15, 0.2) is 41.8 Å². The van der Waals surface area contributed by atoms with Crippen molar-refractivity contribution in [3.05, 3.63) is 47.9 Å². The number of pyridine rings is 1. The number of amides is 1. The maximum Gasteiger partial charge on any atom is 0.268 e. The second-order valence-electron chi connectivity index (χ2n) is 7.76. The third kappa shape index (κ3) is 4.85. The summed E-state index contributed by atoms with van der Waals surface area (Å²) in [4.78, 5) is 26.0. The average molecular weight is 397 g/mol. The Balaban J connectivity index is 1.61. The highest BCUT2D eigenvalue weighted by Crippen LogP contribution is 2.20. The number of rotatable bonds is 5. The van der Waals surface area contributed by atoms with Crippen LogP contribution in [0.25, 0.3) is 0 Å². The van der Waals surface area contributed by atoms with Crippen LogP contribution in [-0.4, -0.2) is 77.8 Å². The largest absolute Gasteiger partial charge is 0.353 e. The molecule has 3 rings (SSSR count). The van der Waals surface area contributed by atoms with Gasteiger partial charge in [-0.2, -0.15) is 0 Å². The number of carbonyl (C=O) groups is 1. The number of anilines is 1. The number of hydrazine groups is 1. The number of aliphatic imine (C=N–C) groups is 1. The molecule has 1 aromatic rings. The fourth-order valence-corrected chi connectivity index (χ4v) is 3.90. The van der Waals surface area contributed by atoms with Gasteiger partial charge in [0.25, 0.3) is 5.91 Å². The number of aryl methyl sites for hydroxylation is 2. The van der Waals surface area contributed by atoms with Crippen LogP contribution < -0.4 is 4.90 Å². The van der Waals surface area contributed by atoms with Crippen molar-refractivity contribution in [3.8, 4) is 0 Å². The molecule has 2 aliphatic rings. The van der Waals surface area contributed by atoms with Gasteiger partial charge in [0.15, 0.2) is 0 Å². The highest BCUT2D eigenvalue weighted by Gasteiger charge is 2.24. The molecule has 7 heteroatoms. The molecule has 0 saturated carbocycles. The van der Waals surface area contributed by atoms with Crippen molar-refractivity contribution < 1.29 is 4.79 Å². The van der Waals surface area contributed by atoms with Crippen LogP contribution in [-0.2, 0) is 4.79 Å². The molecule has 0 atom stereocenters. The first-order valence-electron chi connectivity index (χ1n) is 10.2. The fourth-order valence-electron chi connectivity index (χ4n) is 3.90. The third-order valence-electron chi connectivity index (χ3n) is 5.52. The Morgan fingerprint density at radius 3 is 2.48 bits per heavy atom. The molecular formula is C22H32N6O. The molecule has 1 aromatic heterocycles. The van der Waals surface area contributed by atoms with E-state index in [0.29, 0.717) is 18.8 Å². The number of allylic oxidation sites excluding steroid dienone is 1. The minimum absolute atomic E-state index is 0.00678. The zero-order valence-electron chi connectivity index (χ0n) is 18.1. The molecule has 0 spiro atoms. The molecule has 2 aliphatic heterocycles. The average Bonchev–Trinajstić information content (AvgIpc) is 3.14. The predicted octanol–water partition coefficient (Wildman–Crippen LogP) is 2.39. The minimum atomic E-state index is -0.00678. The molecule has 7 nitrogen and oxygen atoms in total. The topological polar surface area (TPSA) is 55.3 Å². The summed E-state index contributed by atoms with van der Waals surface area (Å²) in [5.74, 6) is 1.01. The lowest BCUT2D eigenvalue weighted by molar-refractivity contribution is -0.124. The van der Waals surface area contributed by atoms with E-state index < -0.39 is 0 Å². The lowest BCUT2D eigenvalue weighted by Crippen LogP contribution is -2.50. The molecule has 0 bridgehead atoms. The summed E-state index contributed by atoms with van der Waals surface area (Å²) < 4.78 is 0. The molecule has 0 aliphatic carbocycles. The van der Waals surface area contributed by atoms with E-state index in [9.17, 15) is 4.79 Å². The molecule has 1 amide bonds. The van der Waals surface area contributed by atoms with E-state index in [1.54, 1.807) is 19.2 Å². The van der Waals surface area contributed by atoms with Gasteiger partial charge in [0.2, 0.25) is 0 Å². The normalized spacial score (nSPS) is 19.1. The van der Waals surface area contributed by atoms with E-state index in [1.807, 2.05) is 11.1 Å². The Morgan fingerprint density at radius 2 is 1.90 bits per heavy atom. The molecule has 29 heavy (non-hydrogen) atoms. The van der Waals surface area contributed by atoms with Crippen molar-refractivity contribution in [3.63, 3.8) is 0 Å². The summed E-state index contributed by atoms with van der Waals surface area (Å²) in [6.07, 6.45) is 6.55. The van der Waals surface area contributed by atoms with Crippen molar-refractivity contribution in [2.75, 3.05) is 51.2 Å². The number of hydrogen-bond donors (Lipinski definition) is 0.